The molecular weight excluding hydrogens is 396 g/mol. The van der Waals surface area contributed by atoms with Gasteiger partial charge in [-0.25, -0.2) is 4.79 Å². The summed E-state index contributed by atoms with van der Waals surface area (Å²) in [6.07, 6.45) is 9.07. The molecule has 0 fully saturated rings. The maximum atomic E-state index is 11.8. The number of halogens is 1. The highest BCUT2D eigenvalue weighted by Gasteiger charge is 2.32. The van der Waals surface area contributed by atoms with E-state index in [1.807, 2.05) is 45.2 Å². The Morgan fingerprint density at radius 2 is 2.19 bits per heavy atom. The second-order valence-corrected chi connectivity index (χ2v) is 8.05. The molecule has 1 aromatic rings. The first-order chi connectivity index (χ1) is 12.3. The van der Waals surface area contributed by atoms with Crippen molar-refractivity contribution in [2.45, 2.75) is 44.8 Å². The van der Waals surface area contributed by atoms with Gasteiger partial charge in [0.05, 0.1) is 5.69 Å². The molecule has 1 aliphatic rings. The smallest absolute Gasteiger partial charge is 0.407 e. The molecule has 0 aromatic carbocycles. The van der Waals surface area contributed by atoms with E-state index in [0.717, 1.165) is 23.0 Å². The van der Waals surface area contributed by atoms with E-state index in [1.165, 1.54) is 5.56 Å². The van der Waals surface area contributed by atoms with Crippen LogP contribution in [0.25, 0.3) is 0 Å². The molecule has 0 spiro atoms. The summed E-state index contributed by atoms with van der Waals surface area (Å²) in [7, 11) is 1.70. The van der Waals surface area contributed by atoms with Crippen molar-refractivity contribution < 1.29 is 14.3 Å². The number of nitrogens with one attached hydrogen (secondary N) is 1. The molecule has 1 atom stereocenters. The third-order valence-electron chi connectivity index (χ3n) is 4.08. The van der Waals surface area contributed by atoms with Gasteiger partial charge in [0.2, 0.25) is 0 Å². The number of alkyl carbamates (subject to hydrolysis) is 1. The average Bonchev–Trinajstić information content (AvgIpc) is 2.59. The van der Waals surface area contributed by atoms with Gasteiger partial charge in [-0.2, -0.15) is 0 Å². The number of ether oxygens (including phenoxy) is 2. The topological polar surface area (TPSA) is 60.5 Å². The van der Waals surface area contributed by atoms with Gasteiger partial charge in [-0.3, -0.25) is 4.98 Å². The lowest BCUT2D eigenvalue weighted by Crippen LogP contribution is -2.34. The predicted octanol–water partition coefficient (Wildman–Crippen LogP) is 4.27. The minimum atomic E-state index is -0.572. The number of carbonyl (C=O) groups excluding carboxylic acids is 1. The van der Waals surface area contributed by atoms with Crippen molar-refractivity contribution in [1.82, 2.24) is 10.3 Å². The molecule has 0 radical (unpaired) electrons. The fourth-order valence-electron chi connectivity index (χ4n) is 2.70. The van der Waals surface area contributed by atoms with Gasteiger partial charge in [0.15, 0.2) is 0 Å². The minimum Gasteiger partial charge on any atom is -0.444 e. The number of alkyl halides is 1. The molecule has 1 aromatic heterocycles. The van der Waals surface area contributed by atoms with E-state index in [0.29, 0.717) is 13.0 Å². The molecule has 0 saturated carbocycles. The van der Waals surface area contributed by atoms with Gasteiger partial charge < -0.3 is 14.8 Å². The SMILES string of the molecule is COC1(c2cc(CCBr)ccn2)C=CC(CNC(=O)OC(C)(C)C)=CC1. The van der Waals surface area contributed by atoms with Gasteiger partial charge >= 0.3 is 6.09 Å². The molecule has 1 heterocycles. The molecule has 5 nitrogen and oxygen atoms in total. The summed E-state index contributed by atoms with van der Waals surface area (Å²) in [5, 5.41) is 3.69. The fraction of sp³-hybridized carbons (Fsp3) is 0.500. The number of aromatic nitrogens is 1. The zero-order chi connectivity index (χ0) is 19.2. The molecule has 142 valence electrons. The summed E-state index contributed by atoms with van der Waals surface area (Å²) < 4.78 is 11.1. The van der Waals surface area contributed by atoms with E-state index in [4.69, 9.17) is 9.47 Å². The Kier molecular flexibility index (Phi) is 7.01. The number of methoxy groups -OCH3 is 1. The monoisotopic (exact) mass is 422 g/mol. The van der Waals surface area contributed by atoms with Crippen molar-refractivity contribution in [2.75, 3.05) is 19.0 Å². The second kappa shape index (κ2) is 8.82. The maximum absolute atomic E-state index is 11.8. The molecule has 6 heteroatoms. The highest BCUT2D eigenvalue weighted by atomic mass is 79.9. The maximum Gasteiger partial charge on any atom is 0.407 e. The molecule has 0 aliphatic heterocycles. The number of pyridine rings is 1. The van der Waals surface area contributed by atoms with E-state index < -0.39 is 17.3 Å². The lowest BCUT2D eigenvalue weighted by molar-refractivity contribution is 0.0266. The van der Waals surface area contributed by atoms with Crippen molar-refractivity contribution in [3.05, 3.63) is 53.4 Å². The molecular formula is C20H27BrN2O3. The van der Waals surface area contributed by atoms with Crippen LogP contribution in [-0.4, -0.2) is 35.7 Å². The second-order valence-electron chi connectivity index (χ2n) is 7.25. The van der Waals surface area contributed by atoms with Crippen molar-refractivity contribution in [2.24, 2.45) is 0 Å². The molecule has 0 bridgehead atoms. The van der Waals surface area contributed by atoms with Crippen molar-refractivity contribution in [3.63, 3.8) is 0 Å². The summed E-state index contributed by atoms with van der Waals surface area (Å²) in [5.74, 6) is 0. The minimum absolute atomic E-state index is 0.417. The summed E-state index contributed by atoms with van der Waals surface area (Å²) >= 11 is 3.47. The molecule has 1 aliphatic carbocycles. The van der Waals surface area contributed by atoms with E-state index >= 15 is 0 Å². The number of carbonyl (C=O) groups is 1. The van der Waals surface area contributed by atoms with Gasteiger partial charge in [0.1, 0.15) is 11.2 Å². The van der Waals surface area contributed by atoms with Crippen LogP contribution in [0.4, 0.5) is 4.79 Å². The highest BCUT2D eigenvalue weighted by molar-refractivity contribution is 9.09. The first-order valence-electron chi connectivity index (χ1n) is 8.69. The average molecular weight is 423 g/mol. The van der Waals surface area contributed by atoms with Crippen LogP contribution in [0, 0.1) is 0 Å². The van der Waals surface area contributed by atoms with E-state index in [-0.39, 0.29) is 0 Å². The predicted molar refractivity (Wildman–Crippen MR) is 106 cm³/mol. The van der Waals surface area contributed by atoms with Crippen LogP contribution in [0.1, 0.15) is 38.4 Å². The Labute approximate surface area is 164 Å². The largest absolute Gasteiger partial charge is 0.444 e. The van der Waals surface area contributed by atoms with Gasteiger partial charge in [-0.1, -0.05) is 28.1 Å². The Morgan fingerprint density at radius 1 is 1.42 bits per heavy atom. The summed E-state index contributed by atoms with van der Waals surface area (Å²) in [5.41, 5.74) is 2.05. The van der Waals surface area contributed by atoms with Gasteiger partial charge in [0.25, 0.3) is 0 Å². The molecule has 1 amide bonds. The number of hydrogen-bond donors (Lipinski definition) is 1. The Morgan fingerprint density at radius 3 is 2.77 bits per heavy atom. The number of aryl methyl sites for hydroxylation is 1. The molecule has 26 heavy (non-hydrogen) atoms. The quantitative estimate of drug-likeness (QED) is 0.695. The van der Waals surface area contributed by atoms with Gasteiger partial charge in [-0.05, 0) is 56.5 Å². The van der Waals surface area contributed by atoms with Crippen molar-refractivity contribution in [1.29, 1.82) is 0 Å². The Hall–Kier alpha value is -1.66. The Balaban J connectivity index is 2.03. The standard InChI is InChI=1S/C20H27BrN2O3/c1-19(2,3)26-18(24)23-14-16-5-9-20(25-4,10-6-16)17-13-15(7-11-21)8-12-22-17/h5-6,8-9,12-13H,7,10-11,14H2,1-4H3,(H,23,24). The Bertz CT molecular complexity index is 695. The lowest BCUT2D eigenvalue weighted by atomic mass is 9.87. The number of hydrogen-bond acceptors (Lipinski definition) is 4. The van der Waals surface area contributed by atoms with Crippen LogP contribution in [-0.2, 0) is 21.5 Å². The van der Waals surface area contributed by atoms with Crippen molar-refractivity contribution >= 4 is 22.0 Å². The zero-order valence-corrected chi connectivity index (χ0v) is 17.4. The van der Waals surface area contributed by atoms with Crippen LogP contribution in [0.3, 0.4) is 0 Å². The van der Waals surface area contributed by atoms with E-state index in [9.17, 15) is 4.79 Å². The lowest BCUT2D eigenvalue weighted by Gasteiger charge is -2.31. The van der Waals surface area contributed by atoms with Gasteiger partial charge in [-0.15, -0.1) is 0 Å². The van der Waals surface area contributed by atoms with Crippen LogP contribution in [0.15, 0.2) is 42.1 Å². The molecule has 2 rings (SSSR count). The van der Waals surface area contributed by atoms with Crippen LogP contribution >= 0.6 is 15.9 Å². The third kappa shape index (κ3) is 5.68. The van der Waals surface area contributed by atoms with Gasteiger partial charge in [0, 0.05) is 31.6 Å². The van der Waals surface area contributed by atoms with Crippen molar-refractivity contribution in [3.8, 4) is 0 Å². The fourth-order valence-corrected chi connectivity index (χ4v) is 3.15. The summed E-state index contributed by atoms with van der Waals surface area (Å²) in [4.78, 5) is 16.3. The molecule has 1 unspecified atom stereocenters. The van der Waals surface area contributed by atoms with Crippen LogP contribution in [0.2, 0.25) is 0 Å². The first-order valence-corrected chi connectivity index (χ1v) is 9.82. The van der Waals surface area contributed by atoms with Crippen LogP contribution < -0.4 is 5.32 Å². The van der Waals surface area contributed by atoms with E-state index in [2.05, 4.69) is 38.4 Å². The molecule has 0 saturated heterocycles. The number of nitrogens with zero attached hydrogens (tertiary/aromatic N) is 1. The van der Waals surface area contributed by atoms with Crippen LogP contribution in [0.5, 0.6) is 0 Å². The summed E-state index contributed by atoms with van der Waals surface area (Å²) in [6.45, 7) is 5.95. The normalized spacial score (nSPS) is 19.8. The highest BCUT2D eigenvalue weighted by Crippen LogP contribution is 2.34. The van der Waals surface area contributed by atoms with E-state index in [1.54, 1.807) is 7.11 Å². The number of rotatable bonds is 6. The summed E-state index contributed by atoms with van der Waals surface area (Å²) in [6, 6.07) is 4.11. The zero-order valence-electron chi connectivity index (χ0n) is 15.8. The first kappa shape index (κ1) is 20.6. The third-order valence-corrected chi connectivity index (χ3v) is 4.47. The molecule has 1 N–H and O–H groups in total. The number of amides is 1.